The fourth-order valence-corrected chi connectivity index (χ4v) is 3.95. The number of carbonyl (C=O) groups is 1. The van der Waals surface area contributed by atoms with Crippen molar-refractivity contribution in [1.29, 1.82) is 0 Å². The fraction of sp³-hybridized carbons (Fsp3) is 0.444. The van der Waals surface area contributed by atoms with Gasteiger partial charge in [-0.05, 0) is 43.2 Å². The summed E-state index contributed by atoms with van der Waals surface area (Å²) < 4.78 is 13.3. The molecule has 0 atom stereocenters. The summed E-state index contributed by atoms with van der Waals surface area (Å²) in [5, 5.41) is 3.36. The van der Waals surface area contributed by atoms with Crippen molar-refractivity contribution < 1.29 is 9.18 Å². The molecule has 6 nitrogen and oxygen atoms in total. The lowest BCUT2D eigenvalue weighted by atomic mass is 9.60. The highest BCUT2D eigenvalue weighted by molar-refractivity contribution is 5.94. The summed E-state index contributed by atoms with van der Waals surface area (Å²) in [4.78, 5) is 26.4. The molecule has 1 aliphatic heterocycles. The lowest BCUT2D eigenvalue weighted by Gasteiger charge is -2.52. The van der Waals surface area contributed by atoms with Crippen LogP contribution >= 0.6 is 0 Å². The third kappa shape index (κ3) is 3.31. The number of piperidine rings is 1. The number of rotatable bonds is 3. The fourth-order valence-electron chi connectivity index (χ4n) is 3.95. The van der Waals surface area contributed by atoms with Crippen LogP contribution in [0.5, 0.6) is 0 Å². The molecule has 0 unspecified atom stereocenters. The van der Waals surface area contributed by atoms with E-state index in [-0.39, 0.29) is 5.91 Å². The molecule has 130 valence electrons. The molecule has 1 amide bonds. The van der Waals surface area contributed by atoms with Crippen LogP contribution in [0.2, 0.25) is 0 Å². The van der Waals surface area contributed by atoms with Gasteiger partial charge in [-0.1, -0.05) is 0 Å². The molecule has 1 N–H and O–H groups in total. The number of carbonyl (C=O) groups excluding carboxylic acids is 1. The van der Waals surface area contributed by atoms with Gasteiger partial charge in [0.05, 0.1) is 11.8 Å². The number of likely N-dealkylation sites (tertiary alicyclic amines) is 1. The van der Waals surface area contributed by atoms with Crippen molar-refractivity contribution in [2.75, 3.05) is 18.4 Å². The second-order valence-electron chi connectivity index (χ2n) is 7.01. The van der Waals surface area contributed by atoms with Gasteiger partial charge in [0.1, 0.15) is 5.82 Å². The summed E-state index contributed by atoms with van der Waals surface area (Å²) in [5.74, 6) is 0.0671. The maximum Gasteiger partial charge on any atom is 0.255 e. The molecule has 4 rings (SSSR count). The van der Waals surface area contributed by atoms with Crippen molar-refractivity contribution in [3.05, 3.63) is 48.3 Å². The van der Waals surface area contributed by atoms with Crippen molar-refractivity contribution in [2.45, 2.75) is 31.7 Å². The number of aromatic nitrogens is 3. The third-order valence-corrected chi connectivity index (χ3v) is 5.32. The van der Waals surface area contributed by atoms with E-state index >= 15 is 0 Å². The van der Waals surface area contributed by atoms with Crippen LogP contribution in [0.3, 0.4) is 0 Å². The third-order valence-electron chi connectivity index (χ3n) is 5.32. The van der Waals surface area contributed by atoms with Gasteiger partial charge in [0, 0.05) is 37.7 Å². The molecule has 3 heterocycles. The van der Waals surface area contributed by atoms with Crippen molar-refractivity contribution in [3.63, 3.8) is 0 Å². The smallest absolute Gasteiger partial charge is 0.255 e. The van der Waals surface area contributed by atoms with Crippen LogP contribution in [0.25, 0.3) is 0 Å². The predicted octanol–water partition coefficient (Wildman–Crippen LogP) is 2.51. The SMILES string of the molecule is O=C(c1cncc(F)c1)N1CCC2(CC1)CC(Nc1ncccn1)C2. The molecular formula is C18H20FN5O. The van der Waals surface area contributed by atoms with Gasteiger partial charge in [-0.25, -0.2) is 14.4 Å². The molecule has 0 aromatic carbocycles. The van der Waals surface area contributed by atoms with Gasteiger partial charge in [-0.15, -0.1) is 0 Å². The monoisotopic (exact) mass is 341 g/mol. The second kappa shape index (κ2) is 6.38. The number of amides is 1. The molecule has 2 aliphatic rings. The molecule has 2 aromatic heterocycles. The predicted molar refractivity (Wildman–Crippen MR) is 90.4 cm³/mol. The Bertz CT molecular complexity index is 753. The summed E-state index contributed by atoms with van der Waals surface area (Å²) in [6, 6.07) is 3.45. The Balaban J connectivity index is 1.30. The van der Waals surface area contributed by atoms with Crippen molar-refractivity contribution in [1.82, 2.24) is 19.9 Å². The Morgan fingerprint density at radius 2 is 1.92 bits per heavy atom. The summed E-state index contributed by atoms with van der Waals surface area (Å²) in [7, 11) is 0. The Morgan fingerprint density at radius 1 is 1.20 bits per heavy atom. The molecule has 7 heteroatoms. The molecule has 2 fully saturated rings. The van der Waals surface area contributed by atoms with Crippen LogP contribution in [-0.4, -0.2) is 44.9 Å². The summed E-state index contributed by atoms with van der Waals surface area (Å²) in [6.07, 6.45) is 10.1. The first kappa shape index (κ1) is 15.9. The van der Waals surface area contributed by atoms with Gasteiger partial charge in [0.2, 0.25) is 5.95 Å². The highest BCUT2D eigenvalue weighted by Crippen LogP contribution is 2.49. The Labute approximate surface area is 145 Å². The molecule has 1 saturated carbocycles. The summed E-state index contributed by atoms with van der Waals surface area (Å²) in [6.45, 7) is 1.42. The zero-order valence-electron chi connectivity index (χ0n) is 13.9. The zero-order chi connectivity index (χ0) is 17.3. The Kier molecular flexibility index (Phi) is 4.07. The lowest BCUT2D eigenvalue weighted by molar-refractivity contribution is 0.0218. The van der Waals surface area contributed by atoms with Gasteiger partial charge in [-0.3, -0.25) is 9.78 Å². The maximum absolute atomic E-state index is 13.3. The van der Waals surface area contributed by atoms with Crippen LogP contribution in [-0.2, 0) is 0 Å². The van der Waals surface area contributed by atoms with E-state index in [9.17, 15) is 9.18 Å². The van der Waals surface area contributed by atoms with Crippen LogP contribution < -0.4 is 5.32 Å². The van der Waals surface area contributed by atoms with Gasteiger partial charge >= 0.3 is 0 Å². The van der Waals surface area contributed by atoms with E-state index in [0.29, 0.717) is 36.1 Å². The Morgan fingerprint density at radius 3 is 2.60 bits per heavy atom. The van der Waals surface area contributed by atoms with Gasteiger partial charge in [0.15, 0.2) is 0 Å². The molecule has 2 aromatic rings. The quantitative estimate of drug-likeness (QED) is 0.929. The highest BCUT2D eigenvalue weighted by atomic mass is 19.1. The average molecular weight is 341 g/mol. The van der Waals surface area contributed by atoms with E-state index in [2.05, 4.69) is 20.3 Å². The molecule has 0 bridgehead atoms. The number of halogens is 1. The molecule has 25 heavy (non-hydrogen) atoms. The molecule has 0 radical (unpaired) electrons. The number of anilines is 1. The Hall–Kier alpha value is -2.57. The summed E-state index contributed by atoms with van der Waals surface area (Å²) >= 11 is 0. The second-order valence-corrected chi connectivity index (χ2v) is 7.01. The van der Waals surface area contributed by atoms with Gasteiger partial charge in [-0.2, -0.15) is 0 Å². The molecule has 1 saturated heterocycles. The summed E-state index contributed by atoms with van der Waals surface area (Å²) in [5.41, 5.74) is 0.633. The van der Waals surface area contributed by atoms with E-state index in [1.165, 1.54) is 12.3 Å². The van der Waals surface area contributed by atoms with Crippen LogP contribution in [0.4, 0.5) is 10.3 Å². The van der Waals surface area contributed by atoms with Gasteiger partial charge < -0.3 is 10.2 Å². The van der Waals surface area contributed by atoms with Crippen molar-refractivity contribution >= 4 is 11.9 Å². The minimum Gasteiger partial charge on any atom is -0.351 e. The lowest BCUT2D eigenvalue weighted by Crippen LogP contribution is -2.52. The average Bonchev–Trinajstić information content (AvgIpc) is 2.61. The van der Waals surface area contributed by atoms with Crippen molar-refractivity contribution in [2.24, 2.45) is 5.41 Å². The normalized spacial score (nSPS) is 19.5. The first-order valence-corrected chi connectivity index (χ1v) is 8.57. The number of hydrogen-bond donors (Lipinski definition) is 1. The standard InChI is InChI=1S/C18H20FN5O/c19-14-8-13(11-20-12-14)16(25)24-6-2-18(3-7-24)9-15(10-18)23-17-21-4-1-5-22-17/h1,4-5,8,11-12,15H,2-3,6-7,9-10H2,(H,21,22,23). The van der Waals surface area contributed by atoms with E-state index in [1.807, 2.05) is 4.90 Å². The zero-order valence-corrected chi connectivity index (χ0v) is 13.9. The first-order valence-electron chi connectivity index (χ1n) is 8.57. The topological polar surface area (TPSA) is 71.0 Å². The van der Waals surface area contributed by atoms with Crippen LogP contribution in [0.1, 0.15) is 36.0 Å². The number of nitrogens with one attached hydrogen (secondary N) is 1. The van der Waals surface area contributed by atoms with Gasteiger partial charge in [0.25, 0.3) is 5.91 Å². The van der Waals surface area contributed by atoms with E-state index < -0.39 is 5.82 Å². The molecule has 1 aliphatic carbocycles. The highest BCUT2D eigenvalue weighted by Gasteiger charge is 2.46. The van der Waals surface area contributed by atoms with E-state index in [4.69, 9.17) is 0 Å². The van der Waals surface area contributed by atoms with Crippen LogP contribution in [0, 0.1) is 11.2 Å². The number of nitrogens with zero attached hydrogens (tertiary/aromatic N) is 4. The number of pyridine rings is 1. The minimum absolute atomic E-state index is 0.131. The van der Waals surface area contributed by atoms with Crippen molar-refractivity contribution in [3.8, 4) is 0 Å². The maximum atomic E-state index is 13.3. The number of hydrogen-bond acceptors (Lipinski definition) is 5. The molecule has 1 spiro atoms. The van der Waals surface area contributed by atoms with Crippen LogP contribution in [0.15, 0.2) is 36.9 Å². The largest absolute Gasteiger partial charge is 0.351 e. The first-order chi connectivity index (χ1) is 12.1. The minimum atomic E-state index is -0.477. The molecular weight excluding hydrogens is 321 g/mol. The van der Waals surface area contributed by atoms with E-state index in [0.717, 1.165) is 31.9 Å². The van der Waals surface area contributed by atoms with E-state index in [1.54, 1.807) is 18.5 Å².